The van der Waals surface area contributed by atoms with Crippen molar-refractivity contribution < 1.29 is 9.90 Å². The third kappa shape index (κ3) is 2.14. The maximum atomic E-state index is 10.5. The number of piperazine rings is 1. The zero-order chi connectivity index (χ0) is 8.97. The number of carboxylic acid groups (broad SMARTS) is 1. The van der Waals surface area contributed by atoms with E-state index in [1.807, 2.05) is 0 Å². The maximum absolute atomic E-state index is 10.5. The van der Waals surface area contributed by atoms with Gasteiger partial charge in [-0.2, -0.15) is 0 Å². The minimum Gasteiger partial charge on any atom is -0.465 e. The summed E-state index contributed by atoms with van der Waals surface area (Å²) in [7, 11) is 0. The second-order valence-corrected chi connectivity index (χ2v) is 2.75. The Bertz CT molecular complexity index is 202. The summed E-state index contributed by atoms with van der Waals surface area (Å²) in [6.07, 6.45) is 4.29. The first-order valence-electron chi connectivity index (χ1n) is 3.87. The van der Waals surface area contributed by atoms with Gasteiger partial charge in [-0.1, -0.05) is 5.92 Å². The van der Waals surface area contributed by atoms with Crippen LogP contribution in [-0.2, 0) is 0 Å². The van der Waals surface area contributed by atoms with E-state index in [-0.39, 0.29) is 0 Å². The quantitative estimate of drug-likeness (QED) is 0.557. The Balaban J connectivity index is 2.30. The Morgan fingerprint density at radius 3 is 2.42 bits per heavy atom. The van der Waals surface area contributed by atoms with E-state index in [9.17, 15) is 4.79 Å². The van der Waals surface area contributed by atoms with E-state index in [2.05, 4.69) is 10.8 Å². The number of nitrogens with zero attached hydrogens (tertiary/aromatic N) is 2. The number of carbonyl (C=O) groups is 1. The highest BCUT2D eigenvalue weighted by Crippen LogP contribution is 2.00. The number of amides is 1. The van der Waals surface area contributed by atoms with E-state index in [0.717, 1.165) is 13.1 Å². The third-order valence-electron chi connectivity index (χ3n) is 1.96. The third-order valence-corrected chi connectivity index (χ3v) is 1.96. The number of hydrogen-bond acceptors (Lipinski definition) is 2. The first-order valence-corrected chi connectivity index (χ1v) is 3.87. The van der Waals surface area contributed by atoms with Crippen LogP contribution < -0.4 is 0 Å². The Kier molecular flexibility index (Phi) is 2.94. The van der Waals surface area contributed by atoms with E-state index in [1.54, 1.807) is 0 Å². The minimum atomic E-state index is -0.838. The molecule has 0 unspecified atom stereocenters. The van der Waals surface area contributed by atoms with Crippen molar-refractivity contribution in [3.63, 3.8) is 0 Å². The van der Waals surface area contributed by atoms with Gasteiger partial charge in [0.25, 0.3) is 0 Å². The molecule has 66 valence electrons. The molecule has 0 radical (unpaired) electrons. The summed E-state index contributed by atoms with van der Waals surface area (Å²) in [6.45, 7) is 3.24. The van der Waals surface area contributed by atoms with Crippen LogP contribution in [0.25, 0.3) is 0 Å². The molecule has 1 heterocycles. The summed E-state index contributed by atoms with van der Waals surface area (Å²) in [4.78, 5) is 14.0. The molecule has 1 aliphatic heterocycles. The zero-order valence-corrected chi connectivity index (χ0v) is 6.86. The first-order chi connectivity index (χ1) is 5.74. The molecular formula is C8H12N2O2. The molecule has 4 heteroatoms. The van der Waals surface area contributed by atoms with Gasteiger partial charge in [-0.25, -0.2) is 4.79 Å². The summed E-state index contributed by atoms with van der Waals surface area (Å²) in [5.41, 5.74) is 0. The van der Waals surface area contributed by atoms with Gasteiger partial charge in [-0.3, -0.25) is 4.90 Å². The fraction of sp³-hybridized carbons (Fsp3) is 0.625. The summed E-state index contributed by atoms with van der Waals surface area (Å²) in [5.74, 6) is 2.54. The normalized spacial score (nSPS) is 18.8. The predicted octanol–water partition coefficient (Wildman–Crippen LogP) is -0.0848. The van der Waals surface area contributed by atoms with Crippen molar-refractivity contribution in [3.8, 4) is 12.3 Å². The molecule has 1 N–H and O–H groups in total. The topological polar surface area (TPSA) is 43.8 Å². The lowest BCUT2D eigenvalue weighted by atomic mass is 10.3. The molecule has 0 bridgehead atoms. The Labute approximate surface area is 71.8 Å². The summed E-state index contributed by atoms with van der Waals surface area (Å²) < 4.78 is 0. The SMILES string of the molecule is C#CCN1CCN(C(=O)O)CC1. The highest BCUT2D eigenvalue weighted by molar-refractivity contribution is 5.65. The lowest BCUT2D eigenvalue weighted by molar-refractivity contribution is 0.111. The van der Waals surface area contributed by atoms with E-state index in [4.69, 9.17) is 11.5 Å². The van der Waals surface area contributed by atoms with Crippen molar-refractivity contribution >= 4 is 6.09 Å². The standard InChI is InChI=1S/C8H12N2O2/c1-2-3-9-4-6-10(7-5-9)8(11)12/h1H,3-7H2,(H,11,12). The first kappa shape index (κ1) is 8.88. The second-order valence-electron chi connectivity index (χ2n) is 2.75. The van der Waals surface area contributed by atoms with Gasteiger partial charge in [0.1, 0.15) is 0 Å². The van der Waals surface area contributed by atoms with Crippen LogP contribution in [0.1, 0.15) is 0 Å². The lowest BCUT2D eigenvalue weighted by Gasteiger charge is -2.31. The van der Waals surface area contributed by atoms with Crippen LogP contribution in [0, 0.1) is 12.3 Å². The fourth-order valence-corrected chi connectivity index (χ4v) is 1.23. The van der Waals surface area contributed by atoms with Crippen molar-refractivity contribution in [3.05, 3.63) is 0 Å². The van der Waals surface area contributed by atoms with E-state index in [1.165, 1.54) is 4.90 Å². The van der Waals surface area contributed by atoms with E-state index < -0.39 is 6.09 Å². The average Bonchev–Trinajstić information content (AvgIpc) is 2.06. The molecule has 1 saturated heterocycles. The number of rotatable bonds is 1. The Morgan fingerprint density at radius 1 is 1.42 bits per heavy atom. The lowest BCUT2D eigenvalue weighted by Crippen LogP contribution is -2.48. The molecule has 0 aromatic carbocycles. The van der Waals surface area contributed by atoms with Crippen molar-refractivity contribution in [2.24, 2.45) is 0 Å². The molecule has 0 aliphatic carbocycles. The largest absolute Gasteiger partial charge is 0.465 e. The monoisotopic (exact) mass is 168 g/mol. The second kappa shape index (κ2) is 3.98. The van der Waals surface area contributed by atoms with Crippen LogP contribution in [0.2, 0.25) is 0 Å². The Morgan fingerprint density at radius 2 is 2.00 bits per heavy atom. The van der Waals surface area contributed by atoms with Gasteiger partial charge in [-0.05, 0) is 0 Å². The summed E-state index contributed by atoms with van der Waals surface area (Å²) >= 11 is 0. The average molecular weight is 168 g/mol. The van der Waals surface area contributed by atoms with Gasteiger partial charge in [-0.15, -0.1) is 6.42 Å². The van der Waals surface area contributed by atoms with Crippen LogP contribution in [0.15, 0.2) is 0 Å². The van der Waals surface area contributed by atoms with Gasteiger partial charge >= 0.3 is 6.09 Å². The highest BCUT2D eigenvalue weighted by Gasteiger charge is 2.18. The van der Waals surface area contributed by atoms with Crippen molar-refractivity contribution in [2.75, 3.05) is 32.7 Å². The number of terminal acetylenes is 1. The Hall–Kier alpha value is -1.21. The molecule has 0 aromatic rings. The van der Waals surface area contributed by atoms with Crippen LogP contribution in [0.5, 0.6) is 0 Å². The van der Waals surface area contributed by atoms with Crippen LogP contribution in [-0.4, -0.2) is 53.7 Å². The van der Waals surface area contributed by atoms with Crippen molar-refractivity contribution in [2.45, 2.75) is 0 Å². The molecule has 0 atom stereocenters. The smallest absolute Gasteiger partial charge is 0.407 e. The van der Waals surface area contributed by atoms with Crippen LogP contribution in [0.3, 0.4) is 0 Å². The molecule has 1 fully saturated rings. The van der Waals surface area contributed by atoms with Gasteiger partial charge in [0.2, 0.25) is 0 Å². The maximum Gasteiger partial charge on any atom is 0.407 e. The molecule has 0 spiro atoms. The van der Waals surface area contributed by atoms with Crippen molar-refractivity contribution in [1.29, 1.82) is 0 Å². The van der Waals surface area contributed by atoms with E-state index in [0.29, 0.717) is 19.6 Å². The molecule has 1 amide bonds. The molecular weight excluding hydrogens is 156 g/mol. The van der Waals surface area contributed by atoms with Gasteiger partial charge in [0.15, 0.2) is 0 Å². The van der Waals surface area contributed by atoms with Gasteiger partial charge in [0.05, 0.1) is 6.54 Å². The molecule has 1 rings (SSSR count). The fourth-order valence-electron chi connectivity index (χ4n) is 1.23. The highest BCUT2D eigenvalue weighted by atomic mass is 16.4. The number of hydrogen-bond donors (Lipinski definition) is 1. The molecule has 4 nitrogen and oxygen atoms in total. The molecule has 0 aromatic heterocycles. The van der Waals surface area contributed by atoms with Crippen molar-refractivity contribution in [1.82, 2.24) is 9.80 Å². The van der Waals surface area contributed by atoms with Gasteiger partial charge in [0, 0.05) is 26.2 Å². The van der Waals surface area contributed by atoms with E-state index >= 15 is 0 Å². The van der Waals surface area contributed by atoms with Crippen LogP contribution in [0.4, 0.5) is 4.79 Å². The summed E-state index contributed by atoms with van der Waals surface area (Å²) in [6, 6.07) is 0. The van der Waals surface area contributed by atoms with Gasteiger partial charge < -0.3 is 10.0 Å². The predicted molar refractivity (Wildman–Crippen MR) is 44.9 cm³/mol. The zero-order valence-electron chi connectivity index (χ0n) is 6.86. The molecule has 0 saturated carbocycles. The van der Waals surface area contributed by atoms with Crippen LogP contribution >= 0.6 is 0 Å². The minimum absolute atomic E-state index is 0.566. The summed E-state index contributed by atoms with van der Waals surface area (Å²) in [5, 5.41) is 8.62. The molecule has 12 heavy (non-hydrogen) atoms. The molecule has 1 aliphatic rings.